The van der Waals surface area contributed by atoms with Crippen molar-refractivity contribution in [2.75, 3.05) is 4.90 Å². The van der Waals surface area contributed by atoms with E-state index >= 15 is 0 Å². The largest absolute Gasteiger partial charge is 0.309 e. The highest BCUT2D eigenvalue weighted by atomic mass is 15.1. The highest BCUT2D eigenvalue weighted by molar-refractivity contribution is 6.04. The second-order valence-corrected chi connectivity index (χ2v) is 11.2. The van der Waals surface area contributed by atoms with Gasteiger partial charge in [-0.05, 0) is 70.5 Å². The molecule has 7 rings (SSSR count). The lowest BCUT2D eigenvalue weighted by Gasteiger charge is -2.30. The smallest absolute Gasteiger partial charge is 0.0540 e. The van der Waals surface area contributed by atoms with Crippen LogP contribution in [0.3, 0.4) is 0 Å². The Morgan fingerprint density at radius 3 is 1.73 bits per heavy atom. The quantitative estimate of drug-likeness (QED) is 0.207. The predicted molar refractivity (Wildman–Crippen MR) is 175 cm³/mol. The molecule has 0 unspecified atom stereocenters. The fourth-order valence-corrected chi connectivity index (χ4v) is 6.76. The number of hydrogen-bond donors (Lipinski definition) is 0. The van der Waals surface area contributed by atoms with Crippen LogP contribution in [0.4, 0.5) is 17.1 Å². The molecule has 6 aromatic rings. The topological polar surface area (TPSA) is 3.24 Å². The number of nitrogens with zero attached hydrogens (tertiary/aromatic N) is 1. The molecule has 1 aliphatic carbocycles. The van der Waals surface area contributed by atoms with Crippen molar-refractivity contribution in [3.8, 4) is 22.3 Å². The van der Waals surface area contributed by atoms with Gasteiger partial charge in [0, 0.05) is 16.8 Å². The first-order valence-electron chi connectivity index (χ1n) is 15.0. The summed E-state index contributed by atoms with van der Waals surface area (Å²) in [5.41, 5.74) is 10.0. The maximum Gasteiger partial charge on any atom is 0.0540 e. The standard InChI is InChI=1S/C40H35N/c1-4-16-30(17-5-1)34-24-10-12-28-38(34)41(33-22-8-3-9-23-33)39-29-13-11-25-36(39)37-27-15-21-32-20-14-26-35(40(32)37)31-18-6-2-7-19-31/h1,3-5,8-17,20-29,31H,2,6-7,18-19H2. The molecule has 0 N–H and O–H groups in total. The number of benzene rings is 6. The monoisotopic (exact) mass is 529 g/mol. The van der Waals surface area contributed by atoms with Gasteiger partial charge in [-0.3, -0.25) is 0 Å². The van der Waals surface area contributed by atoms with Gasteiger partial charge in [-0.2, -0.15) is 0 Å². The lowest BCUT2D eigenvalue weighted by molar-refractivity contribution is 0.445. The molecule has 200 valence electrons. The van der Waals surface area contributed by atoms with Crippen LogP contribution in [-0.4, -0.2) is 0 Å². The van der Waals surface area contributed by atoms with Crippen LogP contribution in [0.15, 0.2) is 146 Å². The molecule has 1 heteroatoms. The van der Waals surface area contributed by atoms with Crippen LogP contribution in [0.1, 0.15) is 43.6 Å². The van der Waals surface area contributed by atoms with E-state index < -0.39 is 0 Å². The van der Waals surface area contributed by atoms with Crippen molar-refractivity contribution >= 4 is 27.8 Å². The van der Waals surface area contributed by atoms with E-state index in [0.29, 0.717) is 5.92 Å². The molecule has 6 aromatic carbocycles. The van der Waals surface area contributed by atoms with Crippen molar-refractivity contribution in [3.63, 3.8) is 0 Å². The summed E-state index contributed by atoms with van der Waals surface area (Å²) in [7, 11) is 0. The minimum atomic E-state index is 0.629. The lowest BCUT2D eigenvalue weighted by atomic mass is 9.80. The maximum atomic E-state index is 2.44. The molecule has 0 heterocycles. The minimum absolute atomic E-state index is 0.629. The Labute approximate surface area is 243 Å². The summed E-state index contributed by atoms with van der Waals surface area (Å²) < 4.78 is 0. The van der Waals surface area contributed by atoms with Crippen LogP contribution in [0.2, 0.25) is 0 Å². The third-order valence-corrected chi connectivity index (χ3v) is 8.66. The van der Waals surface area contributed by atoms with Gasteiger partial charge >= 0.3 is 0 Å². The SMILES string of the molecule is c1ccc(-c2ccccc2N(c2ccccc2)c2ccccc2-c2cccc3cccc(C4CCCCC4)c23)cc1. The summed E-state index contributed by atoms with van der Waals surface area (Å²) in [5.74, 6) is 0.629. The molecule has 0 saturated heterocycles. The van der Waals surface area contributed by atoms with Crippen molar-refractivity contribution < 1.29 is 0 Å². The number of anilines is 3. The van der Waals surface area contributed by atoms with Gasteiger partial charge < -0.3 is 4.90 Å². The summed E-state index contributed by atoms with van der Waals surface area (Å²) in [4.78, 5) is 2.44. The summed E-state index contributed by atoms with van der Waals surface area (Å²) in [5, 5.41) is 2.75. The first kappa shape index (κ1) is 25.4. The number of hydrogen-bond acceptors (Lipinski definition) is 1. The molecule has 0 spiro atoms. The summed E-state index contributed by atoms with van der Waals surface area (Å²) in [6.45, 7) is 0. The average Bonchev–Trinajstić information content (AvgIpc) is 3.06. The highest BCUT2D eigenvalue weighted by Gasteiger charge is 2.23. The third kappa shape index (κ3) is 4.93. The van der Waals surface area contributed by atoms with Gasteiger partial charge in [0.2, 0.25) is 0 Å². The second-order valence-electron chi connectivity index (χ2n) is 11.2. The fourth-order valence-electron chi connectivity index (χ4n) is 6.76. The minimum Gasteiger partial charge on any atom is -0.309 e. The van der Waals surface area contributed by atoms with E-state index in [1.807, 2.05) is 0 Å². The van der Waals surface area contributed by atoms with Crippen molar-refractivity contribution in [1.82, 2.24) is 0 Å². The Morgan fingerprint density at radius 1 is 0.439 bits per heavy atom. The summed E-state index contributed by atoms with van der Waals surface area (Å²) >= 11 is 0. The molecule has 0 amide bonds. The highest BCUT2D eigenvalue weighted by Crippen LogP contribution is 2.47. The Balaban J connectivity index is 1.48. The van der Waals surface area contributed by atoms with Crippen LogP contribution >= 0.6 is 0 Å². The molecule has 1 saturated carbocycles. The average molecular weight is 530 g/mol. The van der Waals surface area contributed by atoms with E-state index in [2.05, 4.69) is 150 Å². The molecule has 0 aliphatic heterocycles. The molecule has 1 nitrogen and oxygen atoms in total. The van der Waals surface area contributed by atoms with E-state index in [0.717, 1.165) is 5.69 Å². The van der Waals surface area contributed by atoms with E-state index in [9.17, 15) is 0 Å². The van der Waals surface area contributed by atoms with Crippen LogP contribution < -0.4 is 4.90 Å². The van der Waals surface area contributed by atoms with E-state index in [1.54, 1.807) is 0 Å². The van der Waals surface area contributed by atoms with Crippen LogP contribution in [-0.2, 0) is 0 Å². The van der Waals surface area contributed by atoms with Gasteiger partial charge in [-0.1, -0.05) is 141 Å². The second kappa shape index (κ2) is 11.5. The number of rotatable bonds is 6. The van der Waals surface area contributed by atoms with Gasteiger partial charge in [0.15, 0.2) is 0 Å². The van der Waals surface area contributed by atoms with E-state index in [-0.39, 0.29) is 0 Å². The molecule has 0 radical (unpaired) electrons. The Bertz CT molecular complexity index is 1760. The Morgan fingerprint density at radius 2 is 1.00 bits per heavy atom. The molecule has 1 fully saturated rings. The van der Waals surface area contributed by atoms with Crippen molar-refractivity contribution in [2.45, 2.75) is 38.0 Å². The zero-order chi connectivity index (χ0) is 27.4. The predicted octanol–water partition coefficient (Wildman–Crippen LogP) is 11.7. The maximum absolute atomic E-state index is 2.44. The fraction of sp³-hybridized carbons (Fsp3) is 0.150. The van der Waals surface area contributed by atoms with Gasteiger partial charge in [0.05, 0.1) is 11.4 Å². The van der Waals surface area contributed by atoms with Crippen LogP contribution in [0.25, 0.3) is 33.0 Å². The molecule has 1 aliphatic rings. The van der Waals surface area contributed by atoms with Gasteiger partial charge in [-0.15, -0.1) is 0 Å². The van der Waals surface area contributed by atoms with Crippen LogP contribution in [0, 0.1) is 0 Å². The number of para-hydroxylation sites is 3. The molecule has 0 atom stereocenters. The van der Waals surface area contributed by atoms with Gasteiger partial charge in [0.25, 0.3) is 0 Å². The molecule has 0 aromatic heterocycles. The van der Waals surface area contributed by atoms with Crippen molar-refractivity contribution in [2.24, 2.45) is 0 Å². The number of fused-ring (bicyclic) bond motifs is 1. The molecular weight excluding hydrogens is 494 g/mol. The Hall–Kier alpha value is -4.62. The van der Waals surface area contributed by atoms with Crippen molar-refractivity contribution in [1.29, 1.82) is 0 Å². The summed E-state index contributed by atoms with van der Waals surface area (Å²) in [6, 6.07) is 53.0. The normalized spacial score (nSPS) is 13.8. The Kier molecular flexibility index (Phi) is 7.09. The van der Waals surface area contributed by atoms with Crippen molar-refractivity contribution in [3.05, 3.63) is 151 Å². The third-order valence-electron chi connectivity index (χ3n) is 8.66. The lowest BCUT2D eigenvalue weighted by Crippen LogP contribution is -2.12. The zero-order valence-electron chi connectivity index (χ0n) is 23.4. The van der Waals surface area contributed by atoms with E-state index in [4.69, 9.17) is 0 Å². The molecular formula is C40H35N. The van der Waals surface area contributed by atoms with Gasteiger partial charge in [-0.25, -0.2) is 0 Å². The first-order valence-corrected chi connectivity index (χ1v) is 15.0. The molecule has 41 heavy (non-hydrogen) atoms. The van der Waals surface area contributed by atoms with E-state index in [1.165, 1.54) is 82.1 Å². The summed E-state index contributed by atoms with van der Waals surface area (Å²) in [6.07, 6.45) is 6.60. The van der Waals surface area contributed by atoms with Crippen LogP contribution in [0.5, 0.6) is 0 Å². The first-order chi connectivity index (χ1) is 20.4. The van der Waals surface area contributed by atoms with Gasteiger partial charge in [0.1, 0.15) is 0 Å². The molecule has 0 bridgehead atoms. The zero-order valence-corrected chi connectivity index (χ0v) is 23.4.